The van der Waals surface area contributed by atoms with Crippen LogP contribution in [0.25, 0.3) is 0 Å². The van der Waals surface area contributed by atoms with Crippen molar-refractivity contribution in [1.29, 1.82) is 0 Å². The summed E-state index contributed by atoms with van der Waals surface area (Å²) in [4.78, 5) is 0. The van der Waals surface area contributed by atoms with Crippen LogP contribution in [0.5, 0.6) is 0 Å². The number of unbranched alkanes of at least 4 members (excludes halogenated alkanes) is 6. The average Bonchev–Trinajstić information content (AvgIpc) is 2.94. The van der Waals surface area contributed by atoms with E-state index in [0.29, 0.717) is 0 Å². The lowest BCUT2D eigenvalue weighted by Crippen LogP contribution is -1.83. The SMILES string of the molecule is SCCCCCCSc1nnc(SCCCCCCS)s1. The summed E-state index contributed by atoms with van der Waals surface area (Å²) in [5.41, 5.74) is 0. The highest BCUT2D eigenvalue weighted by Crippen LogP contribution is 2.30. The first-order valence-corrected chi connectivity index (χ1v) is 11.7. The van der Waals surface area contributed by atoms with Crippen LogP contribution in [0.4, 0.5) is 0 Å². The van der Waals surface area contributed by atoms with Gasteiger partial charge in [0.1, 0.15) is 0 Å². The summed E-state index contributed by atoms with van der Waals surface area (Å²) in [6.45, 7) is 0. The van der Waals surface area contributed by atoms with Gasteiger partial charge in [-0.1, -0.05) is 60.5 Å². The zero-order valence-corrected chi connectivity index (χ0v) is 16.7. The Morgan fingerprint density at radius 2 is 1.10 bits per heavy atom. The summed E-state index contributed by atoms with van der Waals surface area (Å²) in [7, 11) is 0. The second-order valence-corrected chi connectivity index (χ2v) is 9.36. The van der Waals surface area contributed by atoms with E-state index in [-0.39, 0.29) is 0 Å². The molecule has 21 heavy (non-hydrogen) atoms. The van der Waals surface area contributed by atoms with Gasteiger partial charge < -0.3 is 0 Å². The lowest BCUT2D eigenvalue weighted by molar-refractivity contribution is 0.711. The minimum absolute atomic E-state index is 1.01. The fourth-order valence-electron chi connectivity index (χ4n) is 1.77. The standard InChI is InChI=1S/C14H26N2S5/c17-9-5-1-3-7-11-19-13-15-16-14(21-13)20-12-8-4-2-6-10-18/h17-18H,1-12H2. The molecule has 0 saturated heterocycles. The van der Waals surface area contributed by atoms with E-state index in [2.05, 4.69) is 35.5 Å². The summed E-state index contributed by atoms with van der Waals surface area (Å²) in [5.74, 6) is 4.35. The number of thioether (sulfide) groups is 2. The van der Waals surface area contributed by atoms with Crippen LogP contribution >= 0.6 is 60.1 Å². The molecule has 0 unspecified atom stereocenters. The fourth-order valence-corrected chi connectivity index (χ4v) is 5.37. The van der Waals surface area contributed by atoms with Gasteiger partial charge in [0.05, 0.1) is 0 Å². The molecule has 0 fully saturated rings. The normalized spacial score (nSPS) is 11.1. The molecule has 1 rings (SSSR count). The Hall–Kier alpha value is 0.960. The molecule has 0 saturated carbocycles. The van der Waals surface area contributed by atoms with Crippen molar-refractivity contribution in [2.45, 2.75) is 60.0 Å². The van der Waals surface area contributed by atoms with Crippen LogP contribution in [-0.4, -0.2) is 33.2 Å². The largest absolute Gasteiger partial charge is 0.179 e. The Kier molecular flexibility index (Phi) is 13.9. The van der Waals surface area contributed by atoms with Gasteiger partial charge in [0, 0.05) is 11.5 Å². The molecule has 0 bridgehead atoms. The predicted molar refractivity (Wildman–Crippen MR) is 106 cm³/mol. The van der Waals surface area contributed by atoms with Gasteiger partial charge >= 0.3 is 0 Å². The highest BCUT2D eigenvalue weighted by atomic mass is 32.2. The molecule has 2 nitrogen and oxygen atoms in total. The minimum Gasteiger partial charge on any atom is -0.179 e. The van der Waals surface area contributed by atoms with Crippen molar-refractivity contribution in [2.75, 3.05) is 23.0 Å². The Morgan fingerprint density at radius 1 is 0.667 bits per heavy atom. The third kappa shape index (κ3) is 11.2. The van der Waals surface area contributed by atoms with E-state index in [9.17, 15) is 0 Å². The van der Waals surface area contributed by atoms with Crippen LogP contribution in [0.1, 0.15) is 51.4 Å². The van der Waals surface area contributed by atoms with Crippen molar-refractivity contribution >= 4 is 60.1 Å². The van der Waals surface area contributed by atoms with Crippen LogP contribution in [0.15, 0.2) is 8.68 Å². The van der Waals surface area contributed by atoms with Crippen molar-refractivity contribution in [2.24, 2.45) is 0 Å². The Morgan fingerprint density at radius 3 is 1.52 bits per heavy atom. The van der Waals surface area contributed by atoms with Crippen LogP contribution in [-0.2, 0) is 0 Å². The molecule has 7 heteroatoms. The summed E-state index contributed by atoms with van der Waals surface area (Å²) >= 11 is 13.9. The Balaban J connectivity index is 2.01. The number of thiol groups is 2. The maximum absolute atomic E-state index is 4.27. The molecule has 122 valence electrons. The molecule has 0 amide bonds. The van der Waals surface area contributed by atoms with Crippen LogP contribution < -0.4 is 0 Å². The molecular weight excluding hydrogens is 357 g/mol. The first-order valence-electron chi connectivity index (χ1n) is 7.67. The molecule has 0 atom stereocenters. The molecule has 1 heterocycles. The minimum atomic E-state index is 1.01. The molecule has 1 aromatic rings. The van der Waals surface area contributed by atoms with E-state index in [1.807, 2.05) is 23.5 Å². The van der Waals surface area contributed by atoms with Crippen molar-refractivity contribution in [3.05, 3.63) is 0 Å². The van der Waals surface area contributed by atoms with Gasteiger partial charge in [-0.15, -0.1) is 10.2 Å². The zero-order valence-electron chi connectivity index (χ0n) is 12.5. The molecular formula is C14H26N2S5. The summed E-state index contributed by atoms with van der Waals surface area (Å²) < 4.78 is 2.25. The third-order valence-electron chi connectivity index (χ3n) is 2.94. The molecule has 0 aliphatic carbocycles. The molecule has 0 aliphatic rings. The van der Waals surface area contributed by atoms with Gasteiger partial charge in [-0.05, 0) is 37.2 Å². The maximum atomic E-state index is 4.27. The average molecular weight is 383 g/mol. The van der Waals surface area contributed by atoms with E-state index in [1.54, 1.807) is 11.3 Å². The first-order chi connectivity index (χ1) is 10.4. The van der Waals surface area contributed by atoms with Crippen LogP contribution in [0, 0.1) is 0 Å². The zero-order chi connectivity index (χ0) is 15.2. The number of nitrogens with zero attached hydrogens (tertiary/aromatic N) is 2. The fraction of sp³-hybridized carbons (Fsp3) is 0.857. The van der Waals surface area contributed by atoms with Gasteiger partial charge in [0.2, 0.25) is 0 Å². The van der Waals surface area contributed by atoms with Gasteiger partial charge in [-0.3, -0.25) is 0 Å². The van der Waals surface area contributed by atoms with Crippen molar-refractivity contribution in [1.82, 2.24) is 10.2 Å². The molecule has 0 aromatic carbocycles. The number of hydrogen-bond donors (Lipinski definition) is 2. The Bertz CT molecular complexity index is 315. The van der Waals surface area contributed by atoms with Crippen LogP contribution in [0.3, 0.4) is 0 Å². The van der Waals surface area contributed by atoms with E-state index >= 15 is 0 Å². The van der Waals surface area contributed by atoms with E-state index < -0.39 is 0 Å². The van der Waals surface area contributed by atoms with Crippen molar-refractivity contribution < 1.29 is 0 Å². The molecule has 0 N–H and O–H groups in total. The lowest BCUT2D eigenvalue weighted by Gasteiger charge is -1.98. The molecule has 0 spiro atoms. The predicted octanol–water partition coefficient (Wildman–Crippen LogP) is 5.70. The van der Waals surface area contributed by atoms with Gasteiger partial charge in [-0.2, -0.15) is 25.3 Å². The quantitative estimate of drug-likeness (QED) is 0.245. The second-order valence-electron chi connectivity index (χ2n) is 4.81. The van der Waals surface area contributed by atoms with Gasteiger partial charge in [0.15, 0.2) is 8.68 Å². The highest BCUT2D eigenvalue weighted by molar-refractivity contribution is 8.03. The summed E-state index contributed by atoms with van der Waals surface area (Å²) in [5, 5.41) is 8.53. The van der Waals surface area contributed by atoms with Gasteiger partial charge in [0.25, 0.3) is 0 Å². The monoisotopic (exact) mass is 382 g/mol. The summed E-state index contributed by atoms with van der Waals surface area (Å²) in [6.07, 6.45) is 10.2. The van der Waals surface area contributed by atoms with E-state index in [4.69, 9.17) is 0 Å². The van der Waals surface area contributed by atoms with E-state index in [0.717, 1.165) is 31.7 Å². The second kappa shape index (κ2) is 14.5. The van der Waals surface area contributed by atoms with E-state index in [1.165, 1.54) is 51.4 Å². The smallest absolute Gasteiger partial charge is 0.175 e. The summed E-state index contributed by atoms with van der Waals surface area (Å²) in [6, 6.07) is 0. The first kappa shape index (κ1) is 20.0. The van der Waals surface area contributed by atoms with Crippen molar-refractivity contribution in [3.8, 4) is 0 Å². The topological polar surface area (TPSA) is 25.8 Å². The molecule has 0 radical (unpaired) electrons. The lowest BCUT2D eigenvalue weighted by atomic mass is 10.2. The third-order valence-corrected chi connectivity index (χ3v) is 6.94. The number of hydrogen-bond acceptors (Lipinski definition) is 7. The maximum Gasteiger partial charge on any atom is 0.175 e. The van der Waals surface area contributed by atoms with Crippen LogP contribution in [0.2, 0.25) is 0 Å². The van der Waals surface area contributed by atoms with Crippen molar-refractivity contribution in [3.63, 3.8) is 0 Å². The Labute approximate surface area is 152 Å². The number of rotatable bonds is 14. The molecule has 0 aliphatic heterocycles. The highest BCUT2D eigenvalue weighted by Gasteiger charge is 2.05. The molecule has 1 aromatic heterocycles. The van der Waals surface area contributed by atoms with Gasteiger partial charge in [-0.25, -0.2) is 0 Å². The number of aromatic nitrogens is 2.